The molecule has 2 nitrogen and oxygen atoms in total. The van der Waals surface area contributed by atoms with Crippen molar-refractivity contribution in [3.05, 3.63) is 12.3 Å². The zero-order valence-corrected chi connectivity index (χ0v) is 5.20. The molecule has 1 aliphatic rings. The molecule has 2 atom stereocenters. The molecule has 0 N–H and O–H groups in total. The van der Waals surface area contributed by atoms with Crippen molar-refractivity contribution in [2.24, 2.45) is 16.1 Å². The molecule has 8 heavy (non-hydrogen) atoms. The summed E-state index contributed by atoms with van der Waals surface area (Å²) in [4.78, 5) is 0. The Morgan fingerprint density at radius 3 is 2.50 bits per heavy atom. The lowest BCUT2D eigenvalue weighted by Gasteiger charge is -2.11. The quantitative estimate of drug-likeness (QED) is 0.455. The monoisotopic (exact) mass is 110 g/mol. The van der Waals surface area contributed by atoms with Crippen LogP contribution >= 0.6 is 0 Å². The Morgan fingerprint density at radius 2 is 2.12 bits per heavy atom. The van der Waals surface area contributed by atoms with Crippen LogP contribution in [-0.4, -0.2) is 6.04 Å². The largest absolute Gasteiger partial charge is 0.186 e. The van der Waals surface area contributed by atoms with E-state index in [1.807, 2.05) is 0 Å². The summed E-state index contributed by atoms with van der Waals surface area (Å²) in [6, 6.07) is 0.375. The Hall–Kier alpha value is -0.660. The summed E-state index contributed by atoms with van der Waals surface area (Å²) in [5.74, 6) is 0.562. The zero-order chi connectivity index (χ0) is 5.98. The molecule has 0 radical (unpaired) electrons. The summed E-state index contributed by atoms with van der Waals surface area (Å²) in [5, 5.41) is 7.70. The van der Waals surface area contributed by atoms with Crippen LogP contribution in [0.2, 0.25) is 0 Å². The molecule has 2 unspecified atom stereocenters. The number of hydrogen-bond donors (Lipinski definition) is 0. The molecule has 0 spiro atoms. The fraction of sp³-hybridized carbons (Fsp3) is 0.667. The van der Waals surface area contributed by atoms with E-state index in [-0.39, 0.29) is 0 Å². The fourth-order valence-electron chi connectivity index (χ4n) is 0.584. The first-order chi connectivity index (χ1) is 3.80. The normalized spacial score (nSPS) is 35.8. The third-order valence-electron chi connectivity index (χ3n) is 1.47. The van der Waals surface area contributed by atoms with Crippen molar-refractivity contribution < 1.29 is 0 Å². The lowest BCUT2D eigenvalue weighted by atomic mass is 10.0. The van der Waals surface area contributed by atoms with E-state index in [0.717, 1.165) is 0 Å². The molecule has 0 bridgehead atoms. The van der Waals surface area contributed by atoms with E-state index in [0.29, 0.717) is 12.0 Å². The van der Waals surface area contributed by atoms with Gasteiger partial charge in [-0.2, -0.15) is 10.2 Å². The van der Waals surface area contributed by atoms with Crippen molar-refractivity contribution in [1.82, 2.24) is 0 Å². The van der Waals surface area contributed by atoms with Gasteiger partial charge in [0.05, 0.1) is 6.04 Å². The number of rotatable bonds is 0. The topological polar surface area (TPSA) is 24.7 Å². The standard InChI is InChI=1S/C6H10N2/c1-5-3-4-7-8-6(5)2/h3-6H,1-2H3. The smallest absolute Gasteiger partial charge is 0.0744 e. The van der Waals surface area contributed by atoms with Crippen LogP contribution in [-0.2, 0) is 0 Å². The van der Waals surface area contributed by atoms with Gasteiger partial charge in [0.25, 0.3) is 0 Å². The second-order valence-electron chi connectivity index (χ2n) is 2.17. The van der Waals surface area contributed by atoms with E-state index < -0.39 is 0 Å². The van der Waals surface area contributed by atoms with E-state index >= 15 is 0 Å². The molecular weight excluding hydrogens is 100 g/mol. The second-order valence-corrected chi connectivity index (χ2v) is 2.17. The summed E-state index contributed by atoms with van der Waals surface area (Å²) in [6.07, 6.45) is 3.82. The van der Waals surface area contributed by atoms with Crippen LogP contribution in [0.4, 0.5) is 0 Å². The molecule has 0 saturated heterocycles. The first-order valence-electron chi connectivity index (χ1n) is 2.87. The maximum absolute atomic E-state index is 3.95. The Labute approximate surface area is 49.3 Å². The predicted molar refractivity (Wildman–Crippen MR) is 32.6 cm³/mol. The first kappa shape index (κ1) is 5.48. The van der Waals surface area contributed by atoms with E-state index in [1.165, 1.54) is 0 Å². The van der Waals surface area contributed by atoms with Crippen LogP contribution in [0, 0.1) is 5.92 Å². The maximum Gasteiger partial charge on any atom is 0.0744 e. The van der Waals surface area contributed by atoms with Gasteiger partial charge in [0.15, 0.2) is 0 Å². The highest BCUT2D eigenvalue weighted by molar-refractivity contribution is 4.92. The van der Waals surface area contributed by atoms with Gasteiger partial charge in [0, 0.05) is 6.20 Å². The first-order valence-corrected chi connectivity index (χ1v) is 2.87. The van der Waals surface area contributed by atoms with Crippen LogP contribution < -0.4 is 0 Å². The molecule has 0 aliphatic carbocycles. The third-order valence-corrected chi connectivity index (χ3v) is 1.47. The molecule has 0 aromatic heterocycles. The number of nitrogens with zero attached hydrogens (tertiary/aromatic N) is 2. The number of azo groups is 1. The zero-order valence-electron chi connectivity index (χ0n) is 5.20. The van der Waals surface area contributed by atoms with Crippen molar-refractivity contribution in [2.45, 2.75) is 19.9 Å². The molecule has 1 rings (SSSR count). The summed E-state index contributed by atoms with van der Waals surface area (Å²) in [7, 11) is 0. The van der Waals surface area contributed by atoms with E-state index in [4.69, 9.17) is 0 Å². The van der Waals surface area contributed by atoms with Gasteiger partial charge in [-0.05, 0) is 12.8 Å². The predicted octanol–water partition coefficient (Wildman–Crippen LogP) is 1.99. The minimum atomic E-state index is 0.375. The van der Waals surface area contributed by atoms with Crippen molar-refractivity contribution in [3.63, 3.8) is 0 Å². The Kier molecular flexibility index (Phi) is 1.42. The number of hydrogen-bond acceptors (Lipinski definition) is 2. The molecule has 0 saturated carbocycles. The molecule has 2 heteroatoms. The van der Waals surface area contributed by atoms with Gasteiger partial charge in [0.2, 0.25) is 0 Å². The van der Waals surface area contributed by atoms with E-state index in [9.17, 15) is 0 Å². The highest BCUT2D eigenvalue weighted by Gasteiger charge is 2.08. The van der Waals surface area contributed by atoms with Crippen molar-refractivity contribution >= 4 is 0 Å². The lowest BCUT2D eigenvalue weighted by molar-refractivity contribution is 0.545. The van der Waals surface area contributed by atoms with Gasteiger partial charge in [0.1, 0.15) is 0 Å². The summed E-state index contributed by atoms with van der Waals surface area (Å²) < 4.78 is 0. The van der Waals surface area contributed by atoms with Gasteiger partial charge in [-0.3, -0.25) is 0 Å². The summed E-state index contributed by atoms with van der Waals surface area (Å²) in [5.41, 5.74) is 0. The van der Waals surface area contributed by atoms with Crippen LogP contribution in [0.15, 0.2) is 22.5 Å². The van der Waals surface area contributed by atoms with Crippen molar-refractivity contribution in [2.75, 3.05) is 0 Å². The van der Waals surface area contributed by atoms with Crippen LogP contribution in [0.3, 0.4) is 0 Å². The average Bonchev–Trinajstić information content (AvgIpc) is 1.77. The minimum absolute atomic E-state index is 0.375. The van der Waals surface area contributed by atoms with E-state index in [2.05, 4.69) is 30.2 Å². The highest BCUT2D eigenvalue weighted by Crippen LogP contribution is 2.12. The van der Waals surface area contributed by atoms with Gasteiger partial charge in [-0.15, -0.1) is 0 Å². The molecule has 0 aromatic carbocycles. The Morgan fingerprint density at radius 1 is 1.38 bits per heavy atom. The Bertz CT molecular complexity index is 110. The maximum atomic E-state index is 3.95. The van der Waals surface area contributed by atoms with Gasteiger partial charge in [-0.1, -0.05) is 13.0 Å². The summed E-state index contributed by atoms with van der Waals surface area (Å²) in [6.45, 7) is 4.21. The molecular formula is C6H10N2. The lowest BCUT2D eigenvalue weighted by Crippen LogP contribution is -2.09. The molecule has 0 aromatic rings. The van der Waals surface area contributed by atoms with E-state index in [1.54, 1.807) is 6.20 Å². The molecule has 1 heterocycles. The highest BCUT2D eigenvalue weighted by atomic mass is 15.1. The molecule has 1 aliphatic heterocycles. The fourth-order valence-corrected chi connectivity index (χ4v) is 0.584. The third kappa shape index (κ3) is 0.941. The second kappa shape index (κ2) is 2.07. The van der Waals surface area contributed by atoms with Crippen molar-refractivity contribution in [1.29, 1.82) is 0 Å². The van der Waals surface area contributed by atoms with Gasteiger partial charge in [-0.25, -0.2) is 0 Å². The molecule has 0 fully saturated rings. The minimum Gasteiger partial charge on any atom is -0.186 e. The van der Waals surface area contributed by atoms with Crippen LogP contribution in [0.1, 0.15) is 13.8 Å². The van der Waals surface area contributed by atoms with Crippen molar-refractivity contribution in [3.8, 4) is 0 Å². The Balaban J connectivity index is 2.59. The van der Waals surface area contributed by atoms with Gasteiger partial charge >= 0.3 is 0 Å². The van der Waals surface area contributed by atoms with Crippen LogP contribution in [0.25, 0.3) is 0 Å². The molecule has 44 valence electrons. The molecule has 0 amide bonds. The van der Waals surface area contributed by atoms with Gasteiger partial charge < -0.3 is 0 Å². The summed E-state index contributed by atoms with van der Waals surface area (Å²) >= 11 is 0. The average molecular weight is 110 g/mol. The van der Waals surface area contributed by atoms with Crippen LogP contribution in [0.5, 0.6) is 0 Å². The SMILES string of the molecule is CC1C=CN=NC1C.